The second-order valence-corrected chi connectivity index (χ2v) is 4.21. The summed E-state index contributed by atoms with van der Waals surface area (Å²) in [6.07, 6.45) is -0.672. The van der Waals surface area contributed by atoms with E-state index in [2.05, 4.69) is 4.74 Å². The van der Waals surface area contributed by atoms with Crippen LogP contribution in [0.25, 0.3) is 0 Å². The normalized spacial score (nSPS) is 24.8. The Hall–Kier alpha value is -1.34. The molecule has 2 fully saturated rings. The summed E-state index contributed by atoms with van der Waals surface area (Å²) in [5, 5.41) is 0. The molecule has 2 aliphatic rings. The minimum atomic E-state index is -0.672. The molecule has 0 radical (unpaired) electrons. The quantitative estimate of drug-likeness (QED) is 0.582. The molecule has 7 nitrogen and oxygen atoms in total. The second-order valence-electron chi connectivity index (χ2n) is 4.21. The monoisotopic (exact) mass is 258 g/mol. The standard InChI is InChI=1S/C11H18N2O5/c1-16-10(14)9-8-13(4-7-18-9)11(15)12-2-5-17-6-3-12/h9H,2-8H2,1H3. The van der Waals surface area contributed by atoms with Gasteiger partial charge in [0, 0.05) is 19.6 Å². The van der Waals surface area contributed by atoms with Gasteiger partial charge in [0.05, 0.1) is 33.5 Å². The van der Waals surface area contributed by atoms with E-state index >= 15 is 0 Å². The van der Waals surface area contributed by atoms with Gasteiger partial charge in [-0.25, -0.2) is 9.59 Å². The zero-order valence-corrected chi connectivity index (χ0v) is 10.5. The molecule has 0 saturated carbocycles. The molecule has 0 N–H and O–H groups in total. The maximum Gasteiger partial charge on any atom is 0.336 e. The Morgan fingerprint density at radius 3 is 2.44 bits per heavy atom. The first-order chi connectivity index (χ1) is 8.72. The summed E-state index contributed by atoms with van der Waals surface area (Å²) < 4.78 is 15.1. The van der Waals surface area contributed by atoms with Crippen LogP contribution in [-0.4, -0.2) is 81.0 Å². The van der Waals surface area contributed by atoms with Crippen LogP contribution in [0.5, 0.6) is 0 Å². The largest absolute Gasteiger partial charge is 0.467 e. The van der Waals surface area contributed by atoms with Gasteiger partial charge < -0.3 is 24.0 Å². The molecule has 18 heavy (non-hydrogen) atoms. The van der Waals surface area contributed by atoms with Crippen molar-refractivity contribution >= 4 is 12.0 Å². The molecule has 2 amide bonds. The first-order valence-corrected chi connectivity index (χ1v) is 6.03. The Balaban J connectivity index is 1.91. The summed E-state index contributed by atoms with van der Waals surface area (Å²) in [5.41, 5.74) is 0. The van der Waals surface area contributed by atoms with Crippen LogP contribution in [-0.2, 0) is 19.0 Å². The van der Waals surface area contributed by atoms with Gasteiger partial charge in [-0.3, -0.25) is 0 Å². The third-order valence-electron chi connectivity index (χ3n) is 3.08. The summed E-state index contributed by atoms with van der Waals surface area (Å²) >= 11 is 0. The van der Waals surface area contributed by atoms with Crippen LogP contribution >= 0.6 is 0 Å². The number of nitrogens with zero attached hydrogens (tertiary/aromatic N) is 2. The third-order valence-corrected chi connectivity index (χ3v) is 3.08. The lowest BCUT2D eigenvalue weighted by Crippen LogP contribution is -2.54. The first kappa shape index (κ1) is 13.1. The van der Waals surface area contributed by atoms with Crippen LogP contribution in [0.2, 0.25) is 0 Å². The summed E-state index contributed by atoms with van der Waals surface area (Å²) in [6.45, 7) is 3.44. The van der Waals surface area contributed by atoms with Gasteiger partial charge >= 0.3 is 12.0 Å². The number of carbonyl (C=O) groups excluding carboxylic acids is 2. The van der Waals surface area contributed by atoms with E-state index < -0.39 is 12.1 Å². The van der Waals surface area contributed by atoms with Crippen LogP contribution in [0.1, 0.15) is 0 Å². The minimum Gasteiger partial charge on any atom is -0.467 e. The molecule has 0 aromatic rings. The molecule has 2 heterocycles. The number of hydrogen-bond donors (Lipinski definition) is 0. The fourth-order valence-corrected chi connectivity index (χ4v) is 2.05. The lowest BCUT2D eigenvalue weighted by molar-refractivity contribution is -0.158. The van der Waals surface area contributed by atoms with Crippen molar-refractivity contribution in [3.8, 4) is 0 Å². The summed E-state index contributed by atoms with van der Waals surface area (Å²) in [6, 6.07) is -0.0597. The van der Waals surface area contributed by atoms with Crippen molar-refractivity contribution in [2.45, 2.75) is 6.10 Å². The predicted octanol–water partition coefficient (Wildman–Crippen LogP) is -0.688. The fourth-order valence-electron chi connectivity index (χ4n) is 2.05. The number of hydrogen-bond acceptors (Lipinski definition) is 5. The number of rotatable bonds is 1. The van der Waals surface area contributed by atoms with Gasteiger partial charge in [0.2, 0.25) is 0 Å². The van der Waals surface area contributed by atoms with Crippen molar-refractivity contribution in [2.75, 3.05) is 53.1 Å². The number of methoxy groups -OCH3 is 1. The average molecular weight is 258 g/mol. The van der Waals surface area contributed by atoms with Crippen molar-refractivity contribution < 1.29 is 23.8 Å². The number of urea groups is 1. The van der Waals surface area contributed by atoms with Crippen LogP contribution < -0.4 is 0 Å². The van der Waals surface area contributed by atoms with E-state index in [1.807, 2.05) is 0 Å². The van der Waals surface area contributed by atoms with Crippen molar-refractivity contribution in [1.82, 2.24) is 9.80 Å². The maximum absolute atomic E-state index is 12.2. The maximum atomic E-state index is 12.2. The smallest absolute Gasteiger partial charge is 0.336 e. The molecule has 1 atom stereocenters. The van der Waals surface area contributed by atoms with E-state index in [4.69, 9.17) is 9.47 Å². The zero-order valence-electron chi connectivity index (χ0n) is 10.5. The Morgan fingerprint density at radius 1 is 1.11 bits per heavy atom. The van der Waals surface area contributed by atoms with Crippen molar-refractivity contribution in [1.29, 1.82) is 0 Å². The number of carbonyl (C=O) groups is 2. The summed E-state index contributed by atoms with van der Waals surface area (Å²) in [4.78, 5) is 27.0. The van der Waals surface area contributed by atoms with Gasteiger partial charge in [-0.1, -0.05) is 0 Å². The average Bonchev–Trinajstić information content (AvgIpc) is 2.46. The highest BCUT2D eigenvalue weighted by Crippen LogP contribution is 2.10. The SMILES string of the molecule is COC(=O)C1CN(C(=O)N2CCOCC2)CCO1. The van der Waals surface area contributed by atoms with Crippen molar-refractivity contribution in [2.24, 2.45) is 0 Å². The molecule has 0 aliphatic carbocycles. The van der Waals surface area contributed by atoms with Crippen LogP contribution in [0.4, 0.5) is 4.79 Å². The molecule has 2 rings (SSSR count). The van der Waals surface area contributed by atoms with E-state index in [1.54, 1.807) is 9.80 Å². The molecule has 2 saturated heterocycles. The van der Waals surface area contributed by atoms with Gasteiger partial charge in [0.1, 0.15) is 0 Å². The summed E-state index contributed by atoms with van der Waals surface area (Å²) in [5.74, 6) is -0.436. The topological polar surface area (TPSA) is 68.3 Å². The number of morpholine rings is 2. The third kappa shape index (κ3) is 2.91. The van der Waals surface area contributed by atoms with Gasteiger partial charge in [0.15, 0.2) is 6.10 Å². The van der Waals surface area contributed by atoms with Gasteiger partial charge in [-0.05, 0) is 0 Å². The van der Waals surface area contributed by atoms with E-state index in [0.717, 1.165) is 0 Å². The number of esters is 1. The number of amides is 2. The van der Waals surface area contributed by atoms with E-state index in [0.29, 0.717) is 39.5 Å². The van der Waals surface area contributed by atoms with E-state index in [1.165, 1.54) is 7.11 Å². The first-order valence-electron chi connectivity index (χ1n) is 6.03. The highest BCUT2D eigenvalue weighted by Gasteiger charge is 2.32. The molecule has 2 aliphatic heterocycles. The van der Waals surface area contributed by atoms with E-state index in [-0.39, 0.29) is 12.6 Å². The molecule has 102 valence electrons. The Bertz CT molecular complexity index is 317. The molecular weight excluding hydrogens is 240 g/mol. The van der Waals surface area contributed by atoms with E-state index in [9.17, 15) is 9.59 Å². The Kier molecular flexibility index (Phi) is 4.38. The molecule has 1 unspecified atom stereocenters. The lowest BCUT2D eigenvalue weighted by atomic mass is 10.3. The Labute approximate surface area is 106 Å². The van der Waals surface area contributed by atoms with Crippen LogP contribution in [0, 0.1) is 0 Å². The van der Waals surface area contributed by atoms with Gasteiger partial charge in [0.25, 0.3) is 0 Å². The second kappa shape index (κ2) is 6.01. The molecule has 0 spiro atoms. The predicted molar refractivity (Wildman–Crippen MR) is 61.1 cm³/mol. The van der Waals surface area contributed by atoms with Crippen LogP contribution in [0.3, 0.4) is 0 Å². The fraction of sp³-hybridized carbons (Fsp3) is 0.818. The molecule has 7 heteroatoms. The highest BCUT2D eigenvalue weighted by atomic mass is 16.6. The highest BCUT2D eigenvalue weighted by molar-refractivity contribution is 5.78. The van der Waals surface area contributed by atoms with Gasteiger partial charge in [-0.2, -0.15) is 0 Å². The van der Waals surface area contributed by atoms with Crippen molar-refractivity contribution in [3.05, 3.63) is 0 Å². The van der Waals surface area contributed by atoms with Gasteiger partial charge in [-0.15, -0.1) is 0 Å². The molecule has 0 aromatic heterocycles. The molecular formula is C11H18N2O5. The van der Waals surface area contributed by atoms with Crippen LogP contribution in [0.15, 0.2) is 0 Å². The number of ether oxygens (including phenoxy) is 3. The Morgan fingerprint density at radius 2 is 1.78 bits per heavy atom. The molecule has 0 aromatic carbocycles. The minimum absolute atomic E-state index is 0.0597. The lowest BCUT2D eigenvalue weighted by Gasteiger charge is -2.36. The molecule has 0 bridgehead atoms. The zero-order chi connectivity index (χ0) is 13.0. The summed E-state index contributed by atoms with van der Waals surface area (Å²) in [7, 11) is 1.31. The van der Waals surface area contributed by atoms with Crippen molar-refractivity contribution in [3.63, 3.8) is 0 Å².